The molecular weight excluding hydrogens is 365 g/mol. The van der Waals surface area contributed by atoms with Crippen molar-refractivity contribution in [1.29, 1.82) is 0 Å². The second-order valence-electron chi connectivity index (χ2n) is 4.17. The van der Waals surface area contributed by atoms with Crippen molar-refractivity contribution in [2.45, 2.75) is 19.9 Å². The monoisotopic (exact) mass is 375 g/mol. The number of benzene rings is 1. The Bertz CT molecular complexity index is 643. The highest BCUT2D eigenvalue weighted by Crippen LogP contribution is 2.24. The van der Waals surface area contributed by atoms with E-state index < -0.39 is 0 Å². The SMILES string of the molecule is CCC(=O)Nc1nn(Cc2ccc(Cl)c(Cl)c2)cc1Br. The average molecular weight is 377 g/mol. The summed E-state index contributed by atoms with van der Waals surface area (Å²) in [6, 6.07) is 5.43. The smallest absolute Gasteiger partial charge is 0.225 e. The Morgan fingerprint density at radius 1 is 1.40 bits per heavy atom. The number of amides is 1. The van der Waals surface area contributed by atoms with Crippen molar-refractivity contribution in [2.75, 3.05) is 5.32 Å². The normalized spacial score (nSPS) is 10.6. The minimum Gasteiger partial charge on any atom is -0.308 e. The minimum atomic E-state index is -0.0783. The molecule has 0 aliphatic heterocycles. The molecule has 4 nitrogen and oxygen atoms in total. The van der Waals surface area contributed by atoms with Gasteiger partial charge in [0.25, 0.3) is 0 Å². The third-order valence-corrected chi connectivity index (χ3v) is 3.94. The predicted octanol–water partition coefficient (Wildman–Crippen LogP) is 4.35. The van der Waals surface area contributed by atoms with E-state index in [1.54, 1.807) is 29.9 Å². The Kier molecular flexibility index (Phi) is 5.07. The Labute approximate surface area is 135 Å². The van der Waals surface area contributed by atoms with Crippen molar-refractivity contribution in [2.24, 2.45) is 0 Å². The second-order valence-corrected chi connectivity index (χ2v) is 5.84. The number of rotatable bonds is 4. The van der Waals surface area contributed by atoms with Gasteiger partial charge in [-0.05, 0) is 33.6 Å². The molecule has 0 spiro atoms. The van der Waals surface area contributed by atoms with E-state index >= 15 is 0 Å². The third-order valence-electron chi connectivity index (χ3n) is 2.62. The molecule has 1 N–H and O–H groups in total. The van der Waals surface area contributed by atoms with Crippen LogP contribution in [0, 0.1) is 0 Å². The summed E-state index contributed by atoms with van der Waals surface area (Å²) in [4.78, 5) is 11.4. The van der Waals surface area contributed by atoms with Gasteiger partial charge in [0.1, 0.15) is 0 Å². The van der Waals surface area contributed by atoms with Crippen molar-refractivity contribution < 1.29 is 4.79 Å². The molecule has 2 aromatic rings. The van der Waals surface area contributed by atoms with Crippen LogP contribution in [0.3, 0.4) is 0 Å². The van der Waals surface area contributed by atoms with E-state index in [1.165, 1.54) is 0 Å². The molecule has 1 amide bonds. The van der Waals surface area contributed by atoms with Crippen LogP contribution in [0.2, 0.25) is 10.0 Å². The lowest BCUT2D eigenvalue weighted by atomic mass is 10.2. The number of carbonyl (C=O) groups excluding carboxylic acids is 1. The van der Waals surface area contributed by atoms with E-state index in [1.807, 2.05) is 6.07 Å². The van der Waals surface area contributed by atoms with Crippen LogP contribution in [0.25, 0.3) is 0 Å². The molecule has 2 rings (SSSR count). The lowest BCUT2D eigenvalue weighted by Gasteiger charge is -2.04. The van der Waals surface area contributed by atoms with E-state index in [9.17, 15) is 4.79 Å². The molecule has 1 aromatic carbocycles. The quantitative estimate of drug-likeness (QED) is 0.862. The van der Waals surface area contributed by atoms with Gasteiger partial charge in [0.05, 0.1) is 21.1 Å². The van der Waals surface area contributed by atoms with Crippen LogP contribution >= 0.6 is 39.1 Å². The zero-order valence-corrected chi connectivity index (χ0v) is 13.8. The Hall–Kier alpha value is -1.04. The van der Waals surface area contributed by atoms with Gasteiger partial charge in [-0.15, -0.1) is 0 Å². The van der Waals surface area contributed by atoms with Crippen molar-refractivity contribution in [3.8, 4) is 0 Å². The maximum atomic E-state index is 11.4. The molecule has 1 aromatic heterocycles. The van der Waals surface area contributed by atoms with Crippen LogP contribution in [0.5, 0.6) is 0 Å². The fourth-order valence-electron chi connectivity index (χ4n) is 1.61. The van der Waals surface area contributed by atoms with Crippen molar-refractivity contribution in [3.05, 3.63) is 44.5 Å². The Balaban J connectivity index is 2.15. The Morgan fingerprint density at radius 2 is 2.15 bits per heavy atom. The number of nitrogens with one attached hydrogen (secondary N) is 1. The fraction of sp³-hybridized carbons (Fsp3) is 0.231. The molecule has 0 bridgehead atoms. The highest BCUT2D eigenvalue weighted by Gasteiger charge is 2.09. The summed E-state index contributed by atoms with van der Waals surface area (Å²) in [5.74, 6) is 0.433. The average Bonchev–Trinajstić information content (AvgIpc) is 2.74. The number of aromatic nitrogens is 2. The number of hydrogen-bond acceptors (Lipinski definition) is 2. The van der Waals surface area contributed by atoms with Gasteiger partial charge in [0.15, 0.2) is 5.82 Å². The van der Waals surface area contributed by atoms with Gasteiger partial charge in [-0.25, -0.2) is 0 Å². The van der Waals surface area contributed by atoms with Crippen molar-refractivity contribution in [3.63, 3.8) is 0 Å². The maximum Gasteiger partial charge on any atom is 0.225 e. The molecule has 20 heavy (non-hydrogen) atoms. The zero-order chi connectivity index (χ0) is 14.7. The van der Waals surface area contributed by atoms with Crippen LogP contribution < -0.4 is 5.32 Å². The molecule has 0 radical (unpaired) electrons. The zero-order valence-electron chi connectivity index (χ0n) is 10.7. The first-order valence-electron chi connectivity index (χ1n) is 5.96. The summed E-state index contributed by atoms with van der Waals surface area (Å²) in [6.07, 6.45) is 2.21. The van der Waals surface area contributed by atoms with E-state index in [0.29, 0.717) is 28.8 Å². The molecule has 0 aliphatic rings. The molecule has 106 valence electrons. The Morgan fingerprint density at radius 3 is 2.80 bits per heavy atom. The van der Waals surface area contributed by atoms with E-state index in [2.05, 4.69) is 26.3 Å². The standard InChI is InChI=1S/C13H12BrCl2N3O/c1-2-12(20)17-13-9(14)7-19(18-13)6-8-3-4-10(15)11(16)5-8/h3-5,7H,2,6H2,1H3,(H,17,18,20). The summed E-state index contributed by atoms with van der Waals surface area (Å²) >= 11 is 15.2. The lowest BCUT2D eigenvalue weighted by molar-refractivity contribution is -0.115. The molecule has 7 heteroatoms. The van der Waals surface area contributed by atoms with Crippen LogP contribution in [-0.4, -0.2) is 15.7 Å². The first kappa shape index (κ1) is 15.4. The molecule has 0 saturated heterocycles. The predicted molar refractivity (Wildman–Crippen MR) is 84.4 cm³/mol. The highest BCUT2D eigenvalue weighted by molar-refractivity contribution is 9.10. The number of hydrogen-bond donors (Lipinski definition) is 1. The van der Waals surface area contributed by atoms with Crippen LogP contribution in [0.1, 0.15) is 18.9 Å². The molecule has 1 heterocycles. The molecule has 0 fully saturated rings. The summed E-state index contributed by atoms with van der Waals surface area (Å²) in [5, 5.41) is 8.06. The van der Waals surface area contributed by atoms with Gasteiger partial charge >= 0.3 is 0 Å². The molecule has 0 unspecified atom stereocenters. The maximum absolute atomic E-state index is 11.4. The number of carbonyl (C=O) groups is 1. The lowest BCUT2D eigenvalue weighted by Crippen LogP contribution is -2.11. The summed E-state index contributed by atoms with van der Waals surface area (Å²) in [6.45, 7) is 2.33. The second kappa shape index (κ2) is 6.61. The molecule has 0 atom stereocenters. The van der Waals surface area contributed by atoms with Gasteiger partial charge < -0.3 is 5.32 Å². The van der Waals surface area contributed by atoms with Crippen LogP contribution in [0.4, 0.5) is 5.82 Å². The minimum absolute atomic E-state index is 0.0783. The van der Waals surface area contributed by atoms with Gasteiger partial charge in [-0.1, -0.05) is 36.2 Å². The van der Waals surface area contributed by atoms with Crippen molar-refractivity contribution in [1.82, 2.24) is 9.78 Å². The summed E-state index contributed by atoms with van der Waals surface area (Å²) < 4.78 is 2.45. The van der Waals surface area contributed by atoms with E-state index in [0.717, 1.165) is 10.0 Å². The van der Waals surface area contributed by atoms with Gasteiger partial charge in [0, 0.05) is 12.6 Å². The van der Waals surface area contributed by atoms with Crippen molar-refractivity contribution >= 4 is 50.9 Å². The van der Waals surface area contributed by atoms with Gasteiger partial charge in [-0.2, -0.15) is 5.10 Å². The van der Waals surface area contributed by atoms with Crippen LogP contribution in [0.15, 0.2) is 28.9 Å². The number of anilines is 1. The molecule has 0 aliphatic carbocycles. The molecular formula is C13H12BrCl2N3O. The number of nitrogens with zero attached hydrogens (tertiary/aromatic N) is 2. The number of halogens is 3. The topological polar surface area (TPSA) is 46.9 Å². The molecule has 0 saturated carbocycles. The van der Waals surface area contributed by atoms with E-state index in [4.69, 9.17) is 23.2 Å². The summed E-state index contributed by atoms with van der Waals surface area (Å²) in [5.41, 5.74) is 0.975. The van der Waals surface area contributed by atoms with Gasteiger partial charge in [0.2, 0.25) is 5.91 Å². The largest absolute Gasteiger partial charge is 0.308 e. The van der Waals surface area contributed by atoms with Crippen LogP contribution in [-0.2, 0) is 11.3 Å². The fourth-order valence-corrected chi connectivity index (χ4v) is 2.34. The highest BCUT2D eigenvalue weighted by atomic mass is 79.9. The first-order valence-corrected chi connectivity index (χ1v) is 7.51. The first-order chi connectivity index (χ1) is 9.49. The third kappa shape index (κ3) is 3.75. The van der Waals surface area contributed by atoms with Gasteiger partial charge in [-0.3, -0.25) is 9.48 Å². The van der Waals surface area contributed by atoms with E-state index in [-0.39, 0.29) is 5.91 Å². The summed E-state index contributed by atoms with van der Waals surface area (Å²) in [7, 11) is 0.